The third kappa shape index (κ3) is 6.09. The Morgan fingerprint density at radius 3 is 2.33 bits per heavy atom. The molecule has 2 aromatic rings. The zero-order valence-corrected chi connectivity index (χ0v) is 14.3. The largest absolute Gasteiger partial charge is 0.467 e. The molecule has 4 nitrogen and oxygen atoms in total. The predicted molar refractivity (Wildman–Crippen MR) is 89.2 cm³/mol. The number of rotatable bonds is 6. The van der Waals surface area contributed by atoms with Crippen LogP contribution >= 0.6 is 0 Å². The molecule has 0 aromatic heterocycles. The lowest BCUT2D eigenvalue weighted by Crippen LogP contribution is -2.43. The van der Waals surface area contributed by atoms with E-state index in [9.17, 15) is 27.2 Å². The number of hydrogen-bond donors (Lipinski definition) is 1. The van der Waals surface area contributed by atoms with Gasteiger partial charge in [0.2, 0.25) is 5.91 Å². The van der Waals surface area contributed by atoms with E-state index < -0.39 is 35.5 Å². The molecule has 0 spiro atoms. The maximum Gasteiger partial charge on any atom is 0.416 e. The van der Waals surface area contributed by atoms with Gasteiger partial charge in [-0.1, -0.05) is 30.3 Å². The Kier molecular flexibility index (Phi) is 6.55. The van der Waals surface area contributed by atoms with Gasteiger partial charge in [-0.3, -0.25) is 4.79 Å². The van der Waals surface area contributed by atoms with Gasteiger partial charge in [0.25, 0.3) is 0 Å². The molecule has 0 aliphatic heterocycles. The van der Waals surface area contributed by atoms with Gasteiger partial charge in [-0.2, -0.15) is 13.2 Å². The van der Waals surface area contributed by atoms with Crippen LogP contribution in [0.2, 0.25) is 0 Å². The smallest absolute Gasteiger partial charge is 0.416 e. The molecule has 8 heteroatoms. The average molecular weight is 383 g/mol. The lowest BCUT2D eigenvalue weighted by molar-refractivity contribution is -0.145. The lowest BCUT2D eigenvalue weighted by Gasteiger charge is -2.17. The van der Waals surface area contributed by atoms with Gasteiger partial charge in [0.1, 0.15) is 11.9 Å². The number of ether oxygens (including phenoxy) is 1. The first-order chi connectivity index (χ1) is 12.7. The van der Waals surface area contributed by atoms with E-state index in [0.717, 1.165) is 19.2 Å². The molecule has 144 valence electrons. The molecule has 1 N–H and O–H groups in total. The van der Waals surface area contributed by atoms with Gasteiger partial charge in [0, 0.05) is 6.42 Å². The van der Waals surface area contributed by atoms with Gasteiger partial charge in [-0.15, -0.1) is 0 Å². The third-order valence-electron chi connectivity index (χ3n) is 3.79. The summed E-state index contributed by atoms with van der Waals surface area (Å²) in [6.45, 7) is 0. The first-order valence-electron chi connectivity index (χ1n) is 7.97. The van der Waals surface area contributed by atoms with Crippen molar-refractivity contribution < 1.29 is 31.9 Å². The number of hydrogen-bond acceptors (Lipinski definition) is 3. The van der Waals surface area contributed by atoms with E-state index in [4.69, 9.17) is 0 Å². The number of amides is 1. The summed E-state index contributed by atoms with van der Waals surface area (Å²) >= 11 is 0. The second-order valence-corrected chi connectivity index (χ2v) is 5.85. The molecular weight excluding hydrogens is 366 g/mol. The van der Waals surface area contributed by atoms with Crippen molar-refractivity contribution in [3.05, 3.63) is 71.0 Å². The number of benzene rings is 2. The molecule has 1 atom stereocenters. The summed E-state index contributed by atoms with van der Waals surface area (Å²) in [7, 11) is 1.12. The van der Waals surface area contributed by atoms with Crippen molar-refractivity contribution in [1.82, 2.24) is 5.32 Å². The number of carbonyl (C=O) groups is 2. The van der Waals surface area contributed by atoms with Crippen molar-refractivity contribution >= 4 is 11.9 Å². The van der Waals surface area contributed by atoms with E-state index in [1.165, 1.54) is 36.4 Å². The number of nitrogens with one attached hydrogen (secondary N) is 1. The van der Waals surface area contributed by atoms with Crippen LogP contribution in [0.25, 0.3) is 0 Å². The molecule has 1 amide bonds. The van der Waals surface area contributed by atoms with Gasteiger partial charge in [-0.05, 0) is 29.3 Å². The van der Waals surface area contributed by atoms with Crippen molar-refractivity contribution in [3.63, 3.8) is 0 Å². The summed E-state index contributed by atoms with van der Waals surface area (Å²) in [6.07, 6.45) is -4.79. The fraction of sp³-hybridized carbons (Fsp3) is 0.263. The average Bonchev–Trinajstić information content (AvgIpc) is 2.62. The van der Waals surface area contributed by atoms with Crippen LogP contribution in [0, 0.1) is 5.82 Å². The van der Waals surface area contributed by atoms with Crippen molar-refractivity contribution in [2.24, 2.45) is 0 Å². The van der Waals surface area contributed by atoms with Crippen LogP contribution in [0.5, 0.6) is 0 Å². The number of alkyl halides is 3. The van der Waals surface area contributed by atoms with Gasteiger partial charge in [0.05, 0.1) is 19.1 Å². The van der Waals surface area contributed by atoms with Crippen molar-refractivity contribution in [2.45, 2.75) is 25.1 Å². The topological polar surface area (TPSA) is 55.4 Å². The van der Waals surface area contributed by atoms with E-state index in [-0.39, 0.29) is 18.4 Å². The summed E-state index contributed by atoms with van der Waals surface area (Å²) in [5, 5.41) is 2.45. The SMILES string of the molecule is COC(=O)[C@@H](Cc1cccc(C(F)(F)F)c1)NC(=O)Cc1ccc(F)cc1. The van der Waals surface area contributed by atoms with Crippen LogP contribution in [0.15, 0.2) is 48.5 Å². The van der Waals surface area contributed by atoms with E-state index in [1.54, 1.807) is 0 Å². The number of carbonyl (C=O) groups excluding carboxylic acids is 2. The Labute approximate surface area is 153 Å². The quantitative estimate of drug-likeness (QED) is 0.615. The molecule has 0 unspecified atom stereocenters. The maximum atomic E-state index is 12.9. The fourth-order valence-corrected chi connectivity index (χ4v) is 2.48. The summed E-state index contributed by atoms with van der Waals surface area (Å²) in [6, 6.07) is 8.60. The minimum absolute atomic E-state index is 0.115. The van der Waals surface area contributed by atoms with Gasteiger partial charge >= 0.3 is 12.1 Å². The minimum atomic E-state index is -4.51. The Balaban J connectivity index is 2.10. The summed E-state index contributed by atoms with van der Waals surface area (Å²) in [5.74, 6) is -1.76. The van der Waals surface area contributed by atoms with Gasteiger partial charge in [0.15, 0.2) is 0 Å². The monoisotopic (exact) mass is 383 g/mol. The van der Waals surface area contributed by atoms with Crippen molar-refractivity contribution in [1.29, 1.82) is 0 Å². The molecule has 0 saturated carbocycles. The Bertz CT molecular complexity index is 803. The van der Waals surface area contributed by atoms with Crippen LogP contribution in [0.4, 0.5) is 17.6 Å². The summed E-state index contributed by atoms with van der Waals surface area (Å²) < 4.78 is 56.0. The Morgan fingerprint density at radius 1 is 1.07 bits per heavy atom. The molecule has 0 radical (unpaired) electrons. The fourth-order valence-electron chi connectivity index (χ4n) is 2.48. The molecule has 0 bridgehead atoms. The van der Waals surface area contributed by atoms with E-state index >= 15 is 0 Å². The highest BCUT2D eigenvalue weighted by Crippen LogP contribution is 2.29. The highest BCUT2D eigenvalue weighted by atomic mass is 19.4. The maximum absolute atomic E-state index is 12.9. The molecule has 2 rings (SSSR count). The summed E-state index contributed by atoms with van der Waals surface area (Å²) in [5.41, 5.74) is -0.0971. The molecule has 0 aliphatic carbocycles. The first kappa shape index (κ1) is 20.4. The normalized spacial score (nSPS) is 12.3. The van der Waals surface area contributed by atoms with Crippen molar-refractivity contribution in [2.75, 3.05) is 7.11 Å². The van der Waals surface area contributed by atoms with E-state index in [2.05, 4.69) is 10.1 Å². The van der Waals surface area contributed by atoms with Crippen molar-refractivity contribution in [3.8, 4) is 0 Å². The number of halogens is 4. The zero-order valence-electron chi connectivity index (χ0n) is 14.3. The zero-order chi connectivity index (χ0) is 20.0. The van der Waals surface area contributed by atoms with Gasteiger partial charge < -0.3 is 10.1 Å². The molecule has 0 aliphatic rings. The molecular formula is C19H17F4NO3. The van der Waals surface area contributed by atoms with E-state index in [1.807, 2.05) is 0 Å². The van der Waals surface area contributed by atoms with E-state index in [0.29, 0.717) is 5.56 Å². The van der Waals surface area contributed by atoms with Crippen LogP contribution in [0.3, 0.4) is 0 Å². The number of esters is 1. The highest BCUT2D eigenvalue weighted by molar-refractivity contribution is 5.85. The van der Waals surface area contributed by atoms with Crippen LogP contribution in [0.1, 0.15) is 16.7 Å². The van der Waals surface area contributed by atoms with Gasteiger partial charge in [-0.25, -0.2) is 9.18 Å². The van der Waals surface area contributed by atoms with Crippen LogP contribution < -0.4 is 5.32 Å². The summed E-state index contributed by atoms with van der Waals surface area (Å²) in [4.78, 5) is 24.1. The predicted octanol–water partition coefficient (Wildman–Crippen LogP) is 3.29. The van der Waals surface area contributed by atoms with Crippen LogP contribution in [-0.4, -0.2) is 25.0 Å². The molecule has 2 aromatic carbocycles. The second kappa shape index (κ2) is 8.66. The standard InChI is InChI=1S/C19H17F4NO3/c1-27-18(26)16(10-13-3-2-4-14(9-13)19(21,22)23)24-17(25)11-12-5-7-15(20)8-6-12/h2-9,16H,10-11H2,1H3,(H,24,25)/t16-/m1/s1. The molecule has 0 saturated heterocycles. The third-order valence-corrected chi connectivity index (χ3v) is 3.79. The minimum Gasteiger partial charge on any atom is -0.467 e. The Morgan fingerprint density at radius 2 is 1.74 bits per heavy atom. The molecule has 0 fully saturated rings. The molecule has 0 heterocycles. The molecule has 27 heavy (non-hydrogen) atoms. The van der Waals surface area contributed by atoms with Crippen LogP contribution in [-0.2, 0) is 33.3 Å². The second-order valence-electron chi connectivity index (χ2n) is 5.85. The highest BCUT2D eigenvalue weighted by Gasteiger charge is 2.31. The number of methoxy groups -OCH3 is 1. The lowest BCUT2D eigenvalue weighted by atomic mass is 10.0. The first-order valence-corrected chi connectivity index (χ1v) is 7.97. The Hall–Kier alpha value is -2.90.